The fraction of sp³-hybridized carbons (Fsp3) is 0.667. The summed E-state index contributed by atoms with van der Waals surface area (Å²) in [7, 11) is 0. The van der Waals surface area contributed by atoms with E-state index < -0.39 is 11.6 Å². The number of unbranched alkanes of at least 4 members (excludes halogenated alkanes) is 1. The molecule has 0 amide bonds. The van der Waals surface area contributed by atoms with Crippen molar-refractivity contribution in [2.75, 3.05) is 6.61 Å². The van der Waals surface area contributed by atoms with Gasteiger partial charge in [-0.15, -0.1) is 0 Å². The molecule has 160 valence electrons. The molecule has 1 aliphatic heterocycles. The van der Waals surface area contributed by atoms with Gasteiger partial charge in [-0.3, -0.25) is 9.59 Å². The van der Waals surface area contributed by atoms with Crippen LogP contribution in [0.25, 0.3) is 0 Å². The summed E-state index contributed by atoms with van der Waals surface area (Å²) in [6, 6.07) is 5.07. The van der Waals surface area contributed by atoms with Crippen LogP contribution in [0, 0.1) is 17.7 Å². The van der Waals surface area contributed by atoms with Gasteiger partial charge in [-0.1, -0.05) is 32.8 Å². The van der Waals surface area contributed by atoms with E-state index in [1.807, 2.05) is 6.07 Å². The first kappa shape index (κ1) is 21.8. The lowest BCUT2D eigenvalue weighted by molar-refractivity contribution is -0.179. The number of benzene rings is 1. The Morgan fingerprint density at radius 2 is 2.07 bits per heavy atom. The minimum absolute atomic E-state index is 0.0498. The average molecular weight is 405 g/mol. The standard InChI is InChI=1S/C24H33FO4/c1-3-5-6-19(4-2)24(15-20(26)14-23(27)29-24)12-11-17-9-10-22(21(25)13-17)28-16-18-7-8-18/h9-10,13,18-19H,3-8,11-12,14-16H2,1-2H3. The molecule has 5 heteroatoms. The van der Waals surface area contributed by atoms with Crippen LogP contribution in [0.5, 0.6) is 5.75 Å². The second kappa shape index (κ2) is 9.73. The van der Waals surface area contributed by atoms with Gasteiger partial charge in [-0.25, -0.2) is 4.39 Å². The number of esters is 1. The molecule has 2 unspecified atom stereocenters. The Morgan fingerprint density at radius 3 is 2.69 bits per heavy atom. The Kier molecular flexibility index (Phi) is 7.31. The van der Waals surface area contributed by atoms with Gasteiger partial charge in [0.1, 0.15) is 17.8 Å². The second-order valence-corrected chi connectivity index (χ2v) is 8.70. The van der Waals surface area contributed by atoms with Crippen LogP contribution in [-0.2, 0) is 20.7 Å². The molecule has 0 radical (unpaired) electrons. The van der Waals surface area contributed by atoms with E-state index in [2.05, 4.69) is 13.8 Å². The Balaban J connectivity index is 1.71. The molecular formula is C24H33FO4. The zero-order chi connectivity index (χ0) is 20.9. The monoisotopic (exact) mass is 404 g/mol. The third-order valence-corrected chi connectivity index (χ3v) is 6.30. The normalized spacial score (nSPS) is 23.0. The van der Waals surface area contributed by atoms with Gasteiger partial charge in [0.15, 0.2) is 11.6 Å². The van der Waals surface area contributed by atoms with E-state index in [1.165, 1.54) is 6.07 Å². The first-order chi connectivity index (χ1) is 14.0. The fourth-order valence-electron chi connectivity index (χ4n) is 4.38. The van der Waals surface area contributed by atoms with Gasteiger partial charge < -0.3 is 9.47 Å². The van der Waals surface area contributed by atoms with E-state index in [0.717, 1.165) is 44.1 Å². The molecule has 0 spiro atoms. The van der Waals surface area contributed by atoms with Crippen molar-refractivity contribution in [1.29, 1.82) is 0 Å². The van der Waals surface area contributed by atoms with Crippen molar-refractivity contribution in [3.63, 3.8) is 0 Å². The summed E-state index contributed by atoms with van der Waals surface area (Å²) >= 11 is 0. The molecule has 1 aromatic rings. The lowest BCUT2D eigenvalue weighted by Gasteiger charge is -2.42. The van der Waals surface area contributed by atoms with Crippen molar-refractivity contribution < 1.29 is 23.5 Å². The van der Waals surface area contributed by atoms with Crippen LogP contribution in [0.4, 0.5) is 4.39 Å². The molecule has 1 saturated heterocycles. The summed E-state index contributed by atoms with van der Waals surface area (Å²) in [6.07, 6.45) is 7.43. The smallest absolute Gasteiger partial charge is 0.313 e. The van der Waals surface area contributed by atoms with Crippen LogP contribution in [0.3, 0.4) is 0 Å². The van der Waals surface area contributed by atoms with Crippen molar-refractivity contribution in [2.45, 2.75) is 83.7 Å². The number of hydrogen-bond donors (Lipinski definition) is 0. The highest BCUT2D eigenvalue weighted by molar-refractivity contribution is 5.98. The molecule has 1 aromatic carbocycles. The number of rotatable bonds is 11. The largest absolute Gasteiger partial charge is 0.490 e. The van der Waals surface area contributed by atoms with E-state index in [1.54, 1.807) is 6.07 Å². The molecule has 0 bridgehead atoms. The Labute approximate surface area is 173 Å². The number of ketones is 1. The molecule has 1 saturated carbocycles. The van der Waals surface area contributed by atoms with Gasteiger partial charge in [-0.2, -0.15) is 0 Å². The second-order valence-electron chi connectivity index (χ2n) is 8.70. The Bertz CT molecular complexity index is 710. The van der Waals surface area contributed by atoms with E-state index in [9.17, 15) is 14.0 Å². The van der Waals surface area contributed by atoms with Gasteiger partial charge in [0.25, 0.3) is 0 Å². The third kappa shape index (κ3) is 5.80. The van der Waals surface area contributed by atoms with Gasteiger partial charge in [0, 0.05) is 6.42 Å². The van der Waals surface area contributed by atoms with Gasteiger partial charge in [0.2, 0.25) is 0 Å². The number of Topliss-reactive ketones (excluding diaryl/α,β-unsaturated/α-hetero) is 1. The lowest BCUT2D eigenvalue weighted by Crippen LogP contribution is -2.48. The maximum atomic E-state index is 14.4. The van der Waals surface area contributed by atoms with Crippen molar-refractivity contribution in [1.82, 2.24) is 0 Å². The molecule has 2 aliphatic rings. The third-order valence-electron chi connectivity index (χ3n) is 6.30. The van der Waals surface area contributed by atoms with Crippen LogP contribution < -0.4 is 4.74 Å². The lowest BCUT2D eigenvalue weighted by atomic mass is 9.73. The highest BCUT2D eigenvalue weighted by Gasteiger charge is 2.46. The SMILES string of the molecule is CCCCC(CC)C1(CCc2ccc(OCC3CC3)c(F)c2)CC(=O)CC(=O)O1. The number of carbonyl (C=O) groups excluding carboxylic acids is 2. The van der Waals surface area contributed by atoms with Crippen LogP contribution in [0.1, 0.15) is 77.2 Å². The summed E-state index contributed by atoms with van der Waals surface area (Å²) in [4.78, 5) is 24.4. The van der Waals surface area contributed by atoms with Crippen LogP contribution in [-0.4, -0.2) is 24.0 Å². The highest BCUT2D eigenvalue weighted by atomic mass is 19.1. The summed E-state index contributed by atoms with van der Waals surface area (Å²) < 4.78 is 25.9. The topological polar surface area (TPSA) is 52.6 Å². The van der Waals surface area contributed by atoms with Crippen molar-refractivity contribution in [3.8, 4) is 5.75 Å². The molecule has 2 atom stereocenters. The van der Waals surface area contributed by atoms with Crippen LogP contribution >= 0.6 is 0 Å². The molecule has 1 heterocycles. The van der Waals surface area contributed by atoms with E-state index in [0.29, 0.717) is 31.1 Å². The zero-order valence-electron chi connectivity index (χ0n) is 17.7. The van der Waals surface area contributed by atoms with Crippen LogP contribution in [0.15, 0.2) is 18.2 Å². The minimum atomic E-state index is -0.770. The Morgan fingerprint density at radius 1 is 1.28 bits per heavy atom. The number of carbonyl (C=O) groups is 2. The van der Waals surface area contributed by atoms with Crippen LogP contribution in [0.2, 0.25) is 0 Å². The van der Waals surface area contributed by atoms with Gasteiger partial charge in [-0.05, 0) is 68.1 Å². The molecule has 3 rings (SSSR count). The summed E-state index contributed by atoms with van der Waals surface area (Å²) in [5, 5.41) is 0. The van der Waals surface area contributed by atoms with Crippen molar-refractivity contribution in [2.24, 2.45) is 11.8 Å². The maximum absolute atomic E-state index is 14.4. The predicted octanol–water partition coefficient (Wildman–Crippen LogP) is 5.41. The fourth-order valence-corrected chi connectivity index (χ4v) is 4.38. The van der Waals surface area contributed by atoms with Crippen molar-refractivity contribution >= 4 is 11.8 Å². The molecule has 4 nitrogen and oxygen atoms in total. The van der Waals surface area contributed by atoms with Crippen molar-refractivity contribution in [3.05, 3.63) is 29.6 Å². The van der Waals surface area contributed by atoms with E-state index in [-0.39, 0.29) is 30.4 Å². The summed E-state index contributed by atoms with van der Waals surface area (Å²) in [5.74, 6) is 0.177. The molecule has 1 aliphatic carbocycles. The maximum Gasteiger partial charge on any atom is 0.313 e. The molecule has 0 N–H and O–H groups in total. The zero-order valence-corrected chi connectivity index (χ0v) is 17.7. The molecular weight excluding hydrogens is 371 g/mol. The number of ether oxygens (including phenoxy) is 2. The molecule has 2 fully saturated rings. The highest BCUT2D eigenvalue weighted by Crippen LogP contribution is 2.40. The average Bonchev–Trinajstić information content (AvgIpc) is 3.50. The number of halogens is 1. The molecule has 29 heavy (non-hydrogen) atoms. The minimum Gasteiger partial charge on any atom is -0.490 e. The Hall–Kier alpha value is -1.91. The summed E-state index contributed by atoms with van der Waals surface area (Å²) in [5.41, 5.74) is 0.0635. The first-order valence-corrected chi connectivity index (χ1v) is 11.1. The first-order valence-electron chi connectivity index (χ1n) is 11.1. The van der Waals surface area contributed by atoms with Gasteiger partial charge in [0.05, 0.1) is 6.61 Å². The van der Waals surface area contributed by atoms with E-state index >= 15 is 0 Å². The molecule has 0 aromatic heterocycles. The van der Waals surface area contributed by atoms with Gasteiger partial charge >= 0.3 is 5.97 Å². The number of cyclic esters (lactones) is 1. The quantitative estimate of drug-likeness (QED) is 0.366. The summed E-state index contributed by atoms with van der Waals surface area (Å²) in [6.45, 7) is 4.79. The number of aryl methyl sites for hydroxylation is 1. The van der Waals surface area contributed by atoms with E-state index in [4.69, 9.17) is 9.47 Å². The predicted molar refractivity (Wildman–Crippen MR) is 109 cm³/mol. The number of hydrogen-bond acceptors (Lipinski definition) is 4.